The van der Waals surface area contributed by atoms with Gasteiger partial charge in [-0.1, -0.05) is 36.4 Å². The highest BCUT2D eigenvalue weighted by atomic mass is 16.5. The summed E-state index contributed by atoms with van der Waals surface area (Å²) in [6, 6.07) is 13.0. The molecule has 2 N–H and O–H groups in total. The summed E-state index contributed by atoms with van der Waals surface area (Å²) >= 11 is 0. The van der Waals surface area contributed by atoms with Crippen molar-refractivity contribution in [1.82, 2.24) is 5.32 Å². The maximum atomic E-state index is 12.9. The van der Waals surface area contributed by atoms with Gasteiger partial charge in [0.2, 0.25) is 0 Å². The highest BCUT2D eigenvalue weighted by Crippen LogP contribution is 2.22. The highest BCUT2D eigenvalue weighted by Gasteiger charge is 2.30. The van der Waals surface area contributed by atoms with Crippen LogP contribution in [0.1, 0.15) is 35.3 Å². The summed E-state index contributed by atoms with van der Waals surface area (Å²) < 4.78 is 10.0. The third-order valence-corrected chi connectivity index (χ3v) is 4.31. The van der Waals surface area contributed by atoms with Gasteiger partial charge in [0.25, 0.3) is 5.91 Å². The molecule has 2 rings (SSSR count). The van der Waals surface area contributed by atoms with Crippen molar-refractivity contribution in [1.29, 1.82) is 0 Å². The average Bonchev–Trinajstić information content (AvgIpc) is 2.69. The summed E-state index contributed by atoms with van der Waals surface area (Å²) in [7, 11) is 0. The van der Waals surface area contributed by atoms with Crippen LogP contribution in [0.25, 0.3) is 0 Å². The van der Waals surface area contributed by atoms with Gasteiger partial charge in [0.05, 0.1) is 12.6 Å². The van der Waals surface area contributed by atoms with Gasteiger partial charge in [-0.15, -0.1) is 0 Å². The number of hydrogen-bond acceptors (Lipinski definition) is 6. The van der Waals surface area contributed by atoms with E-state index in [4.69, 9.17) is 9.47 Å². The molecule has 0 aliphatic carbocycles. The molecule has 0 aromatic heterocycles. The van der Waals surface area contributed by atoms with Crippen molar-refractivity contribution < 1.29 is 29.0 Å². The smallest absolute Gasteiger partial charge is 0.337 e. The van der Waals surface area contributed by atoms with E-state index in [9.17, 15) is 19.5 Å². The molecule has 2 aromatic rings. The fraction of sp³-hybridized carbons (Fsp3) is 0.318. The molecule has 7 nitrogen and oxygen atoms in total. The third kappa shape index (κ3) is 6.15. The Hall–Kier alpha value is -3.19. The maximum absolute atomic E-state index is 12.9. The summed E-state index contributed by atoms with van der Waals surface area (Å²) in [5.41, 5.74) is 1.59. The number of nitrogens with one attached hydrogen (secondary N) is 1. The van der Waals surface area contributed by atoms with E-state index in [0.717, 1.165) is 5.56 Å². The summed E-state index contributed by atoms with van der Waals surface area (Å²) in [6.07, 6.45) is -1.30. The van der Waals surface area contributed by atoms with Gasteiger partial charge in [0.1, 0.15) is 5.75 Å². The van der Waals surface area contributed by atoms with Crippen molar-refractivity contribution in [2.45, 2.75) is 39.3 Å². The van der Waals surface area contributed by atoms with E-state index in [2.05, 4.69) is 5.32 Å². The Morgan fingerprint density at radius 1 is 1.07 bits per heavy atom. The Bertz CT molecular complexity index is 865. The first kappa shape index (κ1) is 22.1. The lowest BCUT2D eigenvalue weighted by molar-refractivity contribution is -0.154. The fourth-order valence-electron chi connectivity index (χ4n) is 2.87. The van der Waals surface area contributed by atoms with Crippen LogP contribution < -0.4 is 10.1 Å². The SMILES string of the molecule is CCOC(=O)[C@@H](O)C(Cc1ccccc1)NC(=O)c1cccc(OC(C)=O)c1C. The van der Waals surface area contributed by atoms with Gasteiger partial charge in [-0.2, -0.15) is 0 Å². The van der Waals surface area contributed by atoms with Crippen LogP contribution in [0.4, 0.5) is 0 Å². The van der Waals surface area contributed by atoms with Crippen molar-refractivity contribution in [3.63, 3.8) is 0 Å². The molecule has 154 valence electrons. The quantitative estimate of drug-likeness (QED) is 0.521. The Balaban J connectivity index is 2.26. The van der Waals surface area contributed by atoms with Crippen molar-refractivity contribution in [2.24, 2.45) is 0 Å². The molecule has 0 saturated heterocycles. The largest absolute Gasteiger partial charge is 0.464 e. The molecule has 0 heterocycles. The summed E-state index contributed by atoms with van der Waals surface area (Å²) in [5.74, 6) is -1.53. The van der Waals surface area contributed by atoms with Crippen LogP contribution in [0.5, 0.6) is 5.75 Å². The first-order chi connectivity index (χ1) is 13.8. The van der Waals surface area contributed by atoms with E-state index in [1.807, 2.05) is 30.3 Å². The van der Waals surface area contributed by atoms with E-state index in [1.54, 1.807) is 32.0 Å². The van der Waals surface area contributed by atoms with Gasteiger partial charge < -0.3 is 19.9 Å². The third-order valence-electron chi connectivity index (χ3n) is 4.31. The molecular formula is C22H25NO6. The molecule has 1 unspecified atom stereocenters. The molecule has 0 bridgehead atoms. The number of esters is 2. The summed E-state index contributed by atoms with van der Waals surface area (Å²) in [5, 5.41) is 13.2. The van der Waals surface area contributed by atoms with Gasteiger partial charge in [-0.3, -0.25) is 9.59 Å². The molecule has 2 atom stereocenters. The molecule has 0 radical (unpaired) electrons. The lowest BCUT2D eigenvalue weighted by atomic mass is 10.00. The van der Waals surface area contributed by atoms with Gasteiger partial charge in [0, 0.05) is 18.1 Å². The number of amides is 1. The van der Waals surface area contributed by atoms with Gasteiger partial charge in [-0.05, 0) is 38.0 Å². The van der Waals surface area contributed by atoms with Crippen molar-refractivity contribution in [3.8, 4) is 5.75 Å². The first-order valence-corrected chi connectivity index (χ1v) is 9.31. The molecule has 7 heteroatoms. The van der Waals surface area contributed by atoms with Crippen molar-refractivity contribution in [3.05, 3.63) is 65.2 Å². The topological polar surface area (TPSA) is 102 Å². The molecule has 2 aromatic carbocycles. The molecule has 1 amide bonds. The minimum Gasteiger partial charge on any atom is -0.464 e. The number of hydrogen-bond donors (Lipinski definition) is 2. The highest BCUT2D eigenvalue weighted by molar-refractivity contribution is 5.97. The molecular weight excluding hydrogens is 374 g/mol. The van der Waals surface area contributed by atoms with Crippen LogP contribution in [0.3, 0.4) is 0 Å². The molecule has 0 fully saturated rings. The second-order valence-electron chi connectivity index (χ2n) is 6.49. The van der Waals surface area contributed by atoms with E-state index < -0.39 is 30.0 Å². The van der Waals surface area contributed by atoms with Gasteiger partial charge in [-0.25, -0.2) is 4.79 Å². The van der Waals surface area contributed by atoms with Crippen LogP contribution in [0, 0.1) is 6.92 Å². The Labute approximate surface area is 169 Å². The number of aliphatic hydroxyl groups is 1. The van der Waals surface area contributed by atoms with E-state index in [-0.39, 0.29) is 24.3 Å². The predicted octanol–water partition coefficient (Wildman–Crippen LogP) is 2.19. The Kier molecular flexibility index (Phi) is 7.91. The lowest BCUT2D eigenvalue weighted by Crippen LogP contribution is -2.49. The average molecular weight is 399 g/mol. The minimum absolute atomic E-state index is 0.117. The van der Waals surface area contributed by atoms with Gasteiger partial charge >= 0.3 is 11.9 Å². The van der Waals surface area contributed by atoms with Crippen molar-refractivity contribution in [2.75, 3.05) is 6.61 Å². The van der Waals surface area contributed by atoms with Gasteiger partial charge in [0.15, 0.2) is 6.10 Å². The van der Waals surface area contributed by atoms with Crippen molar-refractivity contribution >= 4 is 17.8 Å². The molecule has 29 heavy (non-hydrogen) atoms. The Morgan fingerprint density at radius 3 is 2.38 bits per heavy atom. The summed E-state index contributed by atoms with van der Waals surface area (Å²) in [4.78, 5) is 36.2. The molecule has 0 aliphatic heterocycles. The zero-order chi connectivity index (χ0) is 21.4. The standard InChI is InChI=1S/C22H25NO6/c1-4-28-22(27)20(25)18(13-16-9-6-5-7-10-16)23-21(26)17-11-8-12-19(14(17)2)29-15(3)24/h5-12,18,20,25H,4,13H2,1-3H3,(H,23,26)/t18?,20-/m0/s1. The summed E-state index contributed by atoms with van der Waals surface area (Å²) in [6.45, 7) is 4.68. The van der Waals surface area contributed by atoms with E-state index in [0.29, 0.717) is 5.56 Å². The van der Waals surface area contributed by atoms with E-state index >= 15 is 0 Å². The lowest BCUT2D eigenvalue weighted by Gasteiger charge is -2.23. The number of ether oxygens (including phenoxy) is 2. The molecule has 0 aliphatic rings. The number of rotatable bonds is 8. The Morgan fingerprint density at radius 2 is 1.76 bits per heavy atom. The number of benzene rings is 2. The minimum atomic E-state index is -1.53. The van der Waals surface area contributed by atoms with Crippen LogP contribution in [0.15, 0.2) is 48.5 Å². The molecule has 0 spiro atoms. The van der Waals surface area contributed by atoms with Crippen LogP contribution in [0.2, 0.25) is 0 Å². The number of aliphatic hydroxyl groups excluding tert-OH is 1. The predicted molar refractivity (Wildman–Crippen MR) is 107 cm³/mol. The monoisotopic (exact) mass is 399 g/mol. The van der Waals surface area contributed by atoms with Crippen LogP contribution >= 0.6 is 0 Å². The van der Waals surface area contributed by atoms with E-state index in [1.165, 1.54) is 6.92 Å². The number of carbonyl (C=O) groups excluding carboxylic acids is 3. The second-order valence-corrected chi connectivity index (χ2v) is 6.49. The normalized spacial score (nSPS) is 12.6. The second kappa shape index (κ2) is 10.4. The maximum Gasteiger partial charge on any atom is 0.337 e. The first-order valence-electron chi connectivity index (χ1n) is 9.31. The number of carbonyl (C=O) groups is 3. The fourth-order valence-corrected chi connectivity index (χ4v) is 2.87. The van der Waals surface area contributed by atoms with Crippen LogP contribution in [-0.2, 0) is 20.7 Å². The zero-order valence-corrected chi connectivity index (χ0v) is 16.7. The zero-order valence-electron chi connectivity index (χ0n) is 16.7. The molecule has 0 saturated carbocycles. The van der Waals surface area contributed by atoms with Crippen LogP contribution in [-0.4, -0.2) is 41.7 Å².